The Kier molecular flexibility index (Phi) is 32.4. The first-order valence-electron chi connectivity index (χ1n) is 18.1. The van der Waals surface area contributed by atoms with E-state index >= 15 is 0 Å². The molecule has 0 saturated heterocycles. The van der Waals surface area contributed by atoms with Crippen LogP contribution in [0.4, 0.5) is 0 Å². The van der Waals surface area contributed by atoms with Crippen LogP contribution in [-0.2, 0) is 38.2 Å². The summed E-state index contributed by atoms with van der Waals surface area (Å²) in [4.78, 5) is 57.8. The molecule has 0 bridgehead atoms. The summed E-state index contributed by atoms with van der Waals surface area (Å²) in [6.07, 6.45) is 28.9. The molecule has 0 amide bonds. The van der Waals surface area contributed by atoms with E-state index in [1.54, 1.807) is 0 Å². The van der Waals surface area contributed by atoms with Crippen LogP contribution in [0, 0.1) is 0 Å². The third-order valence-electron chi connectivity index (χ3n) is 7.71. The minimum atomic E-state index is -0.832. The minimum Gasteiger partial charge on any atom is -0.462 e. The first-order valence-corrected chi connectivity index (χ1v) is 18.1. The number of carbonyl (C=O) groups excluding carboxylic acids is 5. The zero-order valence-corrected chi connectivity index (χ0v) is 28.5. The molecule has 260 valence electrons. The lowest BCUT2D eigenvalue weighted by molar-refractivity contribution is -0.167. The van der Waals surface area contributed by atoms with Crippen molar-refractivity contribution in [2.45, 2.75) is 180 Å². The molecule has 8 heteroatoms. The maximum absolute atomic E-state index is 12.4. The molecular formula is C37H64O8. The monoisotopic (exact) mass is 636 g/mol. The van der Waals surface area contributed by atoms with Crippen molar-refractivity contribution in [3.8, 4) is 0 Å². The van der Waals surface area contributed by atoms with Crippen LogP contribution in [0.5, 0.6) is 0 Å². The molecule has 0 rings (SSSR count). The molecule has 1 unspecified atom stereocenters. The van der Waals surface area contributed by atoms with Crippen molar-refractivity contribution in [3.05, 3.63) is 12.2 Å². The van der Waals surface area contributed by atoms with E-state index in [1.165, 1.54) is 38.5 Å². The SMILES string of the molecule is CCCCCC/C=C\CCCCCCCC(=O)OCC(COC(=O)CCCCCCCC=O)OC(=O)CCCCCCCC=O. The van der Waals surface area contributed by atoms with Crippen molar-refractivity contribution in [2.75, 3.05) is 13.2 Å². The molecule has 0 aromatic rings. The van der Waals surface area contributed by atoms with Crippen molar-refractivity contribution in [1.29, 1.82) is 0 Å². The van der Waals surface area contributed by atoms with E-state index in [-0.39, 0.29) is 38.0 Å². The van der Waals surface area contributed by atoms with Crippen LogP contribution < -0.4 is 0 Å². The lowest BCUT2D eigenvalue weighted by Crippen LogP contribution is -2.30. The number of esters is 3. The van der Waals surface area contributed by atoms with Crippen LogP contribution in [0.25, 0.3) is 0 Å². The first kappa shape index (κ1) is 42.5. The fraction of sp³-hybridized carbons (Fsp3) is 0.811. The second-order valence-electron chi connectivity index (χ2n) is 12.1. The van der Waals surface area contributed by atoms with E-state index in [4.69, 9.17) is 14.2 Å². The van der Waals surface area contributed by atoms with Gasteiger partial charge in [0.25, 0.3) is 0 Å². The smallest absolute Gasteiger partial charge is 0.306 e. The van der Waals surface area contributed by atoms with Crippen molar-refractivity contribution < 1.29 is 38.2 Å². The molecular weight excluding hydrogens is 572 g/mol. The van der Waals surface area contributed by atoms with Gasteiger partial charge in [0.05, 0.1) is 0 Å². The first-order chi connectivity index (χ1) is 22.0. The normalized spacial score (nSPS) is 11.8. The molecule has 0 aliphatic heterocycles. The molecule has 0 aliphatic carbocycles. The molecule has 0 aromatic carbocycles. The van der Waals surface area contributed by atoms with Gasteiger partial charge in [-0.1, -0.05) is 96.1 Å². The molecule has 45 heavy (non-hydrogen) atoms. The van der Waals surface area contributed by atoms with E-state index in [1.807, 2.05) is 0 Å². The molecule has 0 heterocycles. The van der Waals surface area contributed by atoms with Gasteiger partial charge in [0.1, 0.15) is 25.8 Å². The average Bonchev–Trinajstić information content (AvgIpc) is 3.03. The molecule has 0 radical (unpaired) electrons. The van der Waals surface area contributed by atoms with Crippen LogP contribution in [0.3, 0.4) is 0 Å². The Labute approximate surface area is 273 Å². The molecule has 0 aromatic heterocycles. The predicted octanol–water partition coefficient (Wildman–Crippen LogP) is 9.10. The highest BCUT2D eigenvalue weighted by Crippen LogP contribution is 2.12. The molecule has 0 fully saturated rings. The van der Waals surface area contributed by atoms with Crippen molar-refractivity contribution in [2.24, 2.45) is 0 Å². The maximum Gasteiger partial charge on any atom is 0.306 e. The summed E-state index contributed by atoms with van der Waals surface area (Å²) < 4.78 is 16.3. The lowest BCUT2D eigenvalue weighted by atomic mass is 10.1. The van der Waals surface area contributed by atoms with Crippen LogP contribution >= 0.6 is 0 Å². The van der Waals surface area contributed by atoms with Crippen molar-refractivity contribution in [1.82, 2.24) is 0 Å². The highest BCUT2D eigenvalue weighted by atomic mass is 16.6. The van der Waals surface area contributed by atoms with Crippen molar-refractivity contribution in [3.63, 3.8) is 0 Å². The van der Waals surface area contributed by atoms with Crippen molar-refractivity contribution >= 4 is 30.5 Å². The summed E-state index contributed by atoms with van der Waals surface area (Å²) in [6.45, 7) is 1.95. The number of hydrogen-bond acceptors (Lipinski definition) is 8. The summed E-state index contributed by atoms with van der Waals surface area (Å²) in [5.41, 5.74) is 0. The van der Waals surface area contributed by atoms with Gasteiger partial charge in [-0.2, -0.15) is 0 Å². The van der Waals surface area contributed by atoms with Gasteiger partial charge in [0.2, 0.25) is 0 Å². The second-order valence-corrected chi connectivity index (χ2v) is 12.1. The van der Waals surface area contributed by atoms with Gasteiger partial charge in [-0.25, -0.2) is 0 Å². The van der Waals surface area contributed by atoms with Gasteiger partial charge >= 0.3 is 17.9 Å². The van der Waals surface area contributed by atoms with Crippen LogP contribution in [-0.4, -0.2) is 49.8 Å². The van der Waals surface area contributed by atoms with E-state index < -0.39 is 12.1 Å². The summed E-state index contributed by atoms with van der Waals surface area (Å²) in [6, 6.07) is 0. The Morgan fingerprint density at radius 2 is 0.822 bits per heavy atom. The number of aldehydes is 2. The van der Waals surface area contributed by atoms with Crippen LogP contribution in [0.2, 0.25) is 0 Å². The van der Waals surface area contributed by atoms with Crippen LogP contribution in [0.1, 0.15) is 174 Å². The highest BCUT2D eigenvalue weighted by Gasteiger charge is 2.19. The zero-order chi connectivity index (χ0) is 33.1. The molecule has 8 nitrogen and oxygen atoms in total. The topological polar surface area (TPSA) is 113 Å². The maximum atomic E-state index is 12.4. The highest BCUT2D eigenvalue weighted by molar-refractivity contribution is 5.71. The Morgan fingerprint density at radius 3 is 1.24 bits per heavy atom. The number of carbonyl (C=O) groups is 5. The molecule has 0 N–H and O–H groups in total. The van der Waals surface area contributed by atoms with E-state index in [2.05, 4.69) is 19.1 Å². The van der Waals surface area contributed by atoms with E-state index in [0.717, 1.165) is 96.0 Å². The van der Waals surface area contributed by atoms with Crippen LogP contribution in [0.15, 0.2) is 12.2 Å². The predicted molar refractivity (Wildman–Crippen MR) is 179 cm³/mol. The molecule has 0 aliphatic rings. The van der Waals surface area contributed by atoms with Gasteiger partial charge in [-0.3, -0.25) is 14.4 Å². The summed E-state index contributed by atoms with van der Waals surface area (Å²) in [5.74, 6) is -1.10. The van der Waals surface area contributed by atoms with E-state index in [0.29, 0.717) is 32.1 Å². The third kappa shape index (κ3) is 32.7. The number of hydrogen-bond donors (Lipinski definition) is 0. The Morgan fingerprint density at radius 1 is 0.467 bits per heavy atom. The van der Waals surface area contributed by atoms with Gasteiger partial charge < -0.3 is 23.8 Å². The number of rotatable bonds is 34. The summed E-state index contributed by atoms with van der Waals surface area (Å²) >= 11 is 0. The fourth-order valence-corrected chi connectivity index (χ4v) is 4.92. The molecule has 1 atom stereocenters. The standard InChI is InChI=1S/C37H64O8/c1-2-3-4-5-6-7-8-9-10-11-12-17-22-27-35(40)43-32-34(45-37(42)29-24-19-14-16-21-26-31-39)33-44-36(41)28-23-18-13-15-20-25-30-38/h7-8,30-31,34H,2-6,9-29,32-33H2,1H3/b8-7-. The zero-order valence-electron chi connectivity index (χ0n) is 28.5. The summed E-state index contributed by atoms with van der Waals surface area (Å²) in [7, 11) is 0. The largest absolute Gasteiger partial charge is 0.462 e. The molecule has 0 spiro atoms. The quantitative estimate of drug-likeness (QED) is 0.0226. The average molecular weight is 637 g/mol. The Balaban J connectivity index is 4.30. The van der Waals surface area contributed by atoms with Gasteiger partial charge in [-0.05, 0) is 57.8 Å². The number of ether oxygens (including phenoxy) is 3. The van der Waals surface area contributed by atoms with E-state index in [9.17, 15) is 24.0 Å². The Hall–Kier alpha value is -2.51. The second kappa shape index (κ2) is 34.4. The number of allylic oxidation sites excluding steroid dienone is 2. The minimum absolute atomic E-state index is 0.134. The Bertz CT molecular complexity index is 764. The lowest BCUT2D eigenvalue weighted by Gasteiger charge is -2.18. The van der Waals surface area contributed by atoms with Gasteiger partial charge in [-0.15, -0.1) is 0 Å². The summed E-state index contributed by atoms with van der Waals surface area (Å²) in [5, 5.41) is 0. The molecule has 0 saturated carbocycles. The fourth-order valence-electron chi connectivity index (χ4n) is 4.92. The van der Waals surface area contributed by atoms with Gasteiger partial charge in [0, 0.05) is 32.1 Å². The number of unbranched alkanes of at least 4 members (excludes halogenated alkanes) is 19. The van der Waals surface area contributed by atoms with Gasteiger partial charge in [0.15, 0.2) is 6.10 Å². The third-order valence-corrected chi connectivity index (χ3v) is 7.71.